The van der Waals surface area contributed by atoms with Crippen LogP contribution in [0.25, 0.3) is 0 Å². The Bertz CT molecular complexity index is 1500. The minimum atomic E-state index is -4.31. The molecule has 0 radical (unpaired) electrons. The molecule has 1 heterocycles. The first kappa shape index (κ1) is 30.7. The maximum absolute atomic E-state index is 13.8. The molecule has 4 rings (SSSR count). The highest BCUT2D eigenvalue weighted by Gasteiger charge is 2.50. The van der Waals surface area contributed by atoms with E-state index in [1.807, 2.05) is 45.0 Å². The normalized spacial score (nSPS) is 18.1. The van der Waals surface area contributed by atoms with Crippen LogP contribution in [0.15, 0.2) is 83.8 Å². The molecular formula is C30H34FN3O5S2. The van der Waals surface area contributed by atoms with E-state index >= 15 is 0 Å². The summed E-state index contributed by atoms with van der Waals surface area (Å²) in [6, 6.07) is 18.7. The fourth-order valence-electron chi connectivity index (χ4n) is 4.83. The molecule has 2 amide bonds. The van der Waals surface area contributed by atoms with Crippen molar-refractivity contribution in [2.75, 3.05) is 5.88 Å². The maximum Gasteiger partial charge on any atom is 0.254 e. The molecule has 1 aliphatic heterocycles. The number of thioether (sulfide) groups is 1. The Labute approximate surface area is 244 Å². The number of rotatable bonds is 10. The predicted octanol–water partition coefficient (Wildman–Crippen LogP) is 3.38. The molecule has 11 heteroatoms. The van der Waals surface area contributed by atoms with Gasteiger partial charge < -0.3 is 15.3 Å². The second-order valence-corrected chi connectivity index (χ2v) is 13.9. The number of hydrogen-bond acceptors (Lipinski definition) is 6. The third-order valence-corrected chi connectivity index (χ3v) is 10.00. The van der Waals surface area contributed by atoms with Gasteiger partial charge in [-0.3, -0.25) is 9.59 Å². The zero-order chi connectivity index (χ0) is 29.8. The molecular weight excluding hydrogens is 565 g/mol. The minimum absolute atomic E-state index is 0.0170. The number of aryl methyl sites for hydroxylation is 1. The van der Waals surface area contributed by atoms with Crippen LogP contribution in [0.2, 0.25) is 0 Å². The van der Waals surface area contributed by atoms with Crippen LogP contribution in [-0.4, -0.2) is 59.1 Å². The number of sulfonamides is 1. The lowest BCUT2D eigenvalue weighted by Gasteiger charge is -2.33. The van der Waals surface area contributed by atoms with E-state index in [2.05, 4.69) is 10.0 Å². The van der Waals surface area contributed by atoms with Crippen LogP contribution in [0.5, 0.6) is 0 Å². The number of carbonyl (C=O) groups is 2. The third-order valence-electron chi connectivity index (χ3n) is 7.14. The molecule has 3 N–H and O–H groups in total. The average molecular weight is 600 g/mol. The van der Waals surface area contributed by atoms with E-state index < -0.39 is 44.7 Å². The van der Waals surface area contributed by atoms with Gasteiger partial charge in [-0.2, -0.15) is 0 Å². The quantitative estimate of drug-likeness (QED) is 0.329. The molecule has 1 fully saturated rings. The Hall–Kier alpha value is -3.25. The second kappa shape index (κ2) is 12.7. The topological polar surface area (TPSA) is 116 Å². The maximum atomic E-state index is 13.8. The van der Waals surface area contributed by atoms with Gasteiger partial charge in [-0.05, 0) is 62.1 Å². The van der Waals surface area contributed by atoms with E-state index in [1.54, 1.807) is 30.3 Å². The van der Waals surface area contributed by atoms with Gasteiger partial charge in [0.2, 0.25) is 15.9 Å². The van der Waals surface area contributed by atoms with E-state index in [0.717, 1.165) is 23.3 Å². The molecule has 8 nitrogen and oxygen atoms in total. The van der Waals surface area contributed by atoms with E-state index in [1.165, 1.54) is 28.8 Å². The molecule has 41 heavy (non-hydrogen) atoms. The van der Waals surface area contributed by atoms with Crippen molar-refractivity contribution in [1.29, 1.82) is 0 Å². The van der Waals surface area contributed by atoms with Crippen molar-refractivity contribution in [2.45, 2.75) is 61.6 Å². The van der Waals surface area contributed by atoms with Crippen LogP contribution in [0, 0.1) is 12.7 Å². The first-order valence-electron chi connectivity index (χ1n) is 13.2. The Kier molecular flexibility index (Phi) is 9.53. The largest absolute Gasteiger partial charge is 0.382 e. The van der Waals surface area contributed by atoms with Crippen molar-refractivity contribution in [3.05, 3.63) is 101 Å². The van der Waals surface area contributed by atoms with Gasteiger partial charge in [0.05, 0.1) is 16.8 Å². The lowest BCUT2D eigenvalue weighted by Crippen LogP contribution is -2.58. The molecule has 3 atom stereocenters. The van der Waals surface area contributed by atoms with Gasteiger partial charge >= 0.3 is 0 Å². The number of aliphatic hydroxyl groups excluding tert-OH is 1. The van der Waals surface area contributed by atoms with E-state index in [4.69, 9.17) is 0 Å². The van der Waals surface area contributed by atoms with Gasteiger partial charge in [0.1, 0.15) is 18.0 Å². The van der Waals surface area contributed by atoms with Crippen LogP contribution in [0.3, 0.4) is 0 Å². The van der Waals surface area contributed by atoms with E-state index in [0.29, 0.717) is 5.56 Å². The number of amides is 2. The molecule has 0 saturated carbocycles. The van der Waals surface area contributed by atoms with Gasteiger partial charge in [-0.25, -0.2) is 17.5 Å². The smallest absolute Gasteiger partial charge is 0.254 e. The van der Waals surface area contributed by atoms with Gasteiger partial charge in [0, 0.05) is 11.3 Å². The predicted molar refractivity (Wildman–Crippen MR) is 157 cm³/mol. The molecule has 218 valence electrons. The first-order valence-corrected chi connectivity index (χ1v) is 15.6. The Morgan fingerprint density at radius 1 is 1.07 bits per heavy atom. The van der Waals surface area contributed by atoms with Crippen molar-refractivity contribution < 1.29 is 27.5 Å². The molecule has 3 aromatic carbocycles. The molecule has 0 spiro atoms. The minimum Gasteiger partial charge on any atom is -0.382 e. The monoisotopic (exact) mass is 599 g/mol. The van der Waals surface area contributed by atoms with Crippen molar-refractivity contribution in [1.82, 2.24) is 14.9 Å². The van der Waals surface area contributed by atoms with Gasteiger partial charge in [-0.1, -0.05) is 60.7 Å². The van der Waals surface area contributed by atoms with E-state index in [-0.39, 0.29) is 29.6 Å². The van der Waals surface area contributed by atoms with Crippen molar-refractivity contribution in [3.63, 3.8) is 0 Å². The Morgan fingerprint density at radius 3 is 2.44 bits per heavy atom. The summed E-state index contributed by atoms with van der Waals surface area (Å²) in [5.41, 5.74) is 2.64. The molecule has 1 saturated heterocycles. The number of aliphatic hydroxyl groups is 1. The van der Waals surface area contributed by atoms with Crippen molar-refractivity contribution in [2.24, 2.45) is 0 Å². The third kappa shape index (κ3) is 7.34. The second-order valence-electron chi connectivity index (χ2n) is 10.6. The van der Waals surface area contributed by atoms with Crippen molar-refractivity contribution >= 4 is 33.6 Å². The standard InChI is InChI=1S/C30H34FN3O5S2/c1-20-10-7-8-13-22(20)18-32-28(36)27-30(2,3)40-19-34(27)29(37)26(35)25(16-21-11-5-4-6-12-21)33-41(38,39)24-15-9-14-23(31)17-24/h4-15,17,25-27,33,35H,16,18-19H2,1-3H3,(H,32,36). The summed E-state index contributed by atoms with van der Waals surface area (Å²) in [6.07, 6.45) is -1.84. The van der Waals surface area contributed by atoms with Gasteiger partial charge in [0.25, 0.3) is 5.91 Å². The molecule has 3 unspecified atom stereocenters. The molecule has 3 aromatic rings. The average Bonchev–Trinajstić information content (AvgIpc) is 3.26. The van der Waals surface area contributed by atoms with E-state index in [9.17, 15) is 27.5 Å². The fourth-order valence-corrected chi connectivity index (χ4v) is 7.24. The van der Waals surface area contributed by atoms with Crippen LogP contribution >= 0.6 is 11.8 Å². The number of carbonyl (C=O) groups excluding carboxylic acids is 2. The zero-order valence-corrected chi connectivity index (χ0v) is 24.7. The summed E-state index contributed by atoms with van der Waals surface area (Å²) in [6.45, 7) is 5.92. The van der Waals surface area contributed by atoms with Gasteiger partial charge in [0.15, 0.2) is 0 Å². The summed E-state index contributed by atoms with van der Waals surface area (Å²) in [4.78, 5) is 28.2. The van der Waals surface area contributed by atoms with Crippen molar-refractivity contribution in [3.8, 4) is 0 Å². The number of nitrogens with one attached hydrogen (secondary N) is 2. The summed E-state index contributed by atoms with van der Waals surface area (Å²) in [7, 11) is -4.31. The molecule has 1 aliphatic rings. The fraction of sp³-hybridized carbons (Fsp3) is 0.333. The summed E-state index contributed by atoms with van der Waals surface area (Å²) in [5.74, 6) is -1.74. The first-order chi connectivity index (χ1) is 19.4. The Morgan fingerprint density at radius 2 is 1.76 bits per heavy atom. The van der Waals surface area contributed by atoms with Crippen LogP contribution < -0.4 is 10.0 Å². The highest BCUT2D eigenvalue weighted by Crippen LogP contribution is 2.40. The highest BCUT2D eigenvalue weighted by atomic mass is 32.2. The van der Waals surface area contributed by atoms with Crippen LogP contribution in [0.4, 0.5) is 4.39 Å². The Balaban J connectivity index is 1.58. The van der Waals surface area contributed by atoms with Gasteiger partial charge in [-0.15, -0.1) is 11.8 Å². The van der Waals surface area contributed by atoms with Crippen LogP contribution in [0.1, 0.15) is 30.5 Å². The summed E-state index contributed by atoms with van der Waals surface area (Å²) in [5, 5.41) is 14.3. The highest BCUT2D eigenvalue weighted by molar-refractivity contribution is 8.00. The number of hydrogen-bond donors (Lipinski definition) is 3. The number of halogens is 1. The molecule has 0 aromatic heterocycles. The summed E-state index contributed by atoms with van der Waals surface area (Å²) >= 11 is 1.39. The number of benzene rings is 3. The lowest BCUT2D eigenvalue weighted by molar-refractivity contribution is -0.147. The van der Waals surface area contributed by atoms with Crippen LogP contribution in [-0.2, 0) is 32.6 Å². The zero-order valence-electron chi connectivity index (χ0n) is 23.1. The molecule has 0 bridgehead atoms. The molecule has 0 aliphatic carbocycles. The summed E-state index contributed by atoms with van der Waals surface area (Å²) < 4.78 is 41.9. The lowest BCUT2D eigenvalue weighted by atomic mass is 9.97. The number of nitrogens with zero attached hydrogens (tertiary/aromatic N) is 1. The SMILES string of the molecule is Cc1ccccc1CNC(=O)C1N(C(=O)C(O)C(Cc2ccccc2)NS(=O)(=O)c2cccc(F)c2)CSC1(C)C.